The minimum atomic E-state index is 0.453. The van der Waals surface area contributed by atoms with Crippen molar-refractivity contribution in [2.75, 3.05) is 25.6 Å². The van der Waals surface area contributed by atoms with Crippen molar-refractivity contribution in [3.05, 3.63) is 29.3 Å². The molecular weight excluding hydrogens is 292 g/mol. The van der Waals surface area contributed by atoms with Gasteiger partial charge in [0.2, 0.25) is 0 Å². The van der Waals surface area contributed by atoms with Crippen LogP contribution in [0.2, 0.25) is 0 Å². The van der Waals surface area contributed by atoms with Gasteiger partial charge < -0.3 is 15.4 Å². The second-order valence-electron chi connectivity index (χ2n) is 4.27. The van der Waals surface area contributed by atoms with Gasteiger partial charge in [-0.1, -0.05) is 12.1 Å². The molecule has 0 bridgehead atoms. The Morgan fingerprint density at radius 1 is 1.15 bits per heavy atom. The van der Waals surface area contributed by atoms with Crippen LogP contribution in [0.5, 0.6) is 0 Å². The van der Waals surface area contributed by atoms with Crippen molar-refractivity contribution in [2.45, 2.75) is 13.8 Å². The van der Waals surface area contributed by atoms with Crippen molar-refractivity contribution in [1.29, 1.82) is 0 Å². The molecule has 0 aliphatic rings. The predicted molar refractivity (Wildman–Crippen MR) is 90.9 cm³/mol. The van der Waals surface area contributed by atoms with Crippen molar-refractivity contribution in [2.24, 2.45) is 0 Å². The van der Waals surface area contributed by atoms with Crippen LogP contribution < -0.4 is 21.5 Å². The Morgan fingerprint density at radius 2 is 1.85 bits per heavy atom. The molecule has 0 aromatic heterocycles. The molecule has 0 saturated carbocycles. The summed E-state index contributed by atoms with van der Waals surface area (Å²) in [6, 6.07) is 6.15. The zero-order chi connectivity index (χ0) is 15.0. The van der Waals surface area contributed by atoms with E-state index in [1.165, 1.54) is 5.56 Å². The van der Waals surface area contributed by atoms with E-state index in [9.17, 15) is 0 Å². The number of benzene rings is 1. The highest BCUT2D eigenvalue weighted by molar-refractivity contribution is 7.80. The molecule has 0 spiro atoms. The lowest BCUT2D eigenvalue weighted by atomic mass is 10.1. The van der Waals surface area contributed by atoms with Gasteiger partial charge in [0.15, 0.2) is 10.2 Å². The van der Waals surface area contributed by atoms with Gasteiger partial charge in [-0.25, -0.2) is 0 Å². The van der Waals surface area contributed by atoms with E-state index >= 15 is 0 Å². The lowest BCUT2D eigenvalue weighted by Gasteiger charge is -2.15. The highest BCUT2D eigenvalue weighted by atomic mass is 32.1. The fraction of sp³-hybridized carbons (Fsp3) is 0.385. The molecule has 110 valence electrons. The summed E-state index contributed by atoms with van der Waals surface area (Å²) in [7, 11) is 1.64. The lowest BCUT2D eigenvalue weighted by molar-refractivity contribution is 0.204. The molecule has 0 fully saturated rings. The molecular formula is C13H20N4OS2. The van der Waals surface area contributed by atoms with Crippen LogP contribution in [-0.4, -0.2) is 30.5 Å². The van der Waals surface area contributed by atoms with Crippen molar-refractivity contribution >= 4 is 40.3 Å². The van der Waals surface area contributed by atoms with E-state index in [0.29, 0.717) is 23.4 Å². The van der Waals surface area contributed by atoms with E-state index < -0.39 is 0 Å². The van der Waals surface area contributed by atoms with Gasteiger partial charge in [-0.15, -0.1) is 0 Å². The van der Waals surface area contributed by atoms with Gasteiger partial charge >= 0.3 is 0 Å². The topological polar surface area (TPSA) is 57.4 Å². The molecule has 20 heavy (non-hydrogen) atoms. The van der Waals surface area contributed by atoms with Gasteiger partial charge in [0.25, 0.3) is 0 Å². The molecule has 1 aromatic carbocycles. The summed E-state index contributed by atoms with van der Waals surface area (Å²) in [5, 5.41) is 7.01. The van der Waals surface area contributed by atoms with E-state index in [1.54, 1.807) is 7.11 Å². The quantitative estimate of drug-likeness (QED) is 0.383. The minimum absolute atomic E-state index is 0.453. The lowest BCUT2D eigenvalue weighted by Crippen LogP contribution is -2.48. The first-order valence-corrected chi connectivity index (χ1v) is 7.01. The number of methoxy groups -OCH3 is 1. The summed E-state index contributed by atoms with van der Waals surface area (Å²) in [5.41, 5.74) is 8.91. The van der Waals surface area contributed by atoms with Gasteiger partial charge in [0, 0.05) is 19.3 Å². The Bertz CT molecular complexity index is 479. The van der Waals surface area contributed by atoms with Crippen molar-refractivity contribution in [3.8, 4) is 0 Å². The Labute approximate surface area is 130 Å². The number of hydrazine groups is 1. The molecule has 0 heterocycles. The van der Waals surface area contributed by atoms with E-state index in [1.807, 2.05) is 26.0 Å². The fourth-order valence-electron chi connectivity index (χ4n) is 1.45. The summed E-state index contributed by atoms with van der Waals surface area (Å²) in [6.07, 6.45) is 0. The SMILES string of the molecule is COCCNC(=S)NNC(=S)Nc1cc(C)ccc1C. The number of hydrogen-bond donors (Lipinski definition) is 4. The van der Waals surface area contributed by atoms with E-state index in [4.69, 9.17) is 29.2 Å². The van der Waals surface area contributed by atoms with Crippen molar-refractivity contribution < 1.29 is 4.74 Å². The third-order valence-corrected chi connectivity index (χ3v) is 2.97. The average Bonchev–Trinajstić information content (AvgIpc) is 2.41. The maximum Gasteiger partial charge on any atom is 0.189 e. The third-order valence-electron chi connectivity index (χ3n) is 2.52. The first kappa shape index (κ1) is 16.6. The molecule has 0 amide bonds. The number of ether oxygens (including phenoxy) is 1. The van der Waals surface area contributed by atoms with Gasteiger partial charge in [-0.2, -0.15) is 0 Å². The Morgan fingerprint density at radius 3 is 2.55 bits per heavy atom. The maximum atomic E-state index is 5.20. The standard InChI is InChI=1S/C13H20N4OS2/c1-9-4-5-10(2)11(8-9)15-13(20)17-16-12(19)14-6-7-18-3/h4-5,8H,6-7H2,1-3H3,(H2,14,16,19)(H2,15,17,20). The van der Waals surface area contributed by atoms with Gasteiger partial charge in [-0.3, -0.25) is 10.9 Å². The Balaban J connectivity index is 2.36. The number of aryl methyl sites for hydroxylation is 2. The van der Waals surface area contributed by atoms with Gasteiger partial charge in [-0.05, 0) is 55.5 Å². The van der Waals surface area contributed by atoms with Crippen LogP contribution in [-0.2, 0) is 4.74 Å². The van der Waals surface area contributed by atoms with Crippen molar-refractivity contribution in [3.63, 3.8) is 0 Å². The molecule has 0 saturated heterocycles. The molecule has 4 N–H and O–H groups in total. The monoisotopic (exact) mass is 312 g/mol. The maximum absolute atomic E-state index is 5.20. The molecule has 0 radical (unpaired) electrons. The second kappa shape index (κ2) is 8.68. The van der Waals surface area contributed by atoms with Gasteiger partial charge in [0.05, 0.1) is 6.61 Å². The highest BCUT2D eigenvalue weighted by Crippen LogP contribution is 2.15. The number of hydrogen-bond acceptors (Lipinski definition) is 3. The fourth-order valence-corrected chi connectivity index (χ4v) is 1.76. The normalized spacial score (nSPS) is 9.75. The molecule has 0 unspecified atom stereocenters. The highest BCUT2D eigenvalue weighted by Gasteiger charge is 2.02. The van der Waals surface area contributed by atoms with Crippen LogP contribution >= 0.6 is 24.4 Å². The zero-order valence-electron chi connectivity index (χ0n) is 11.9. The summed E-state index contributed by atoms with van der Waals surface area (Å²) in [4.78, 5) is 0. The summed E-state index contributed by atoms with van der Waals surface area (Å²) in [5.74, 6) is 0. The summed E-state index contributed by atoms with van der Waals surface area (Å²) >= 11 is 10.3. The van der Waals surface area contributed by atoms with E-state index in [2.05, 4.69) is 27.6 Å². The van der Waals surface area contributed by atoms with Crippen LogP contribution in [0.3, 0.4) is 0 Å². The van der Waals surface area contributed by atoms with E-state index in [-0.39, 0.29) is 0 Å². The average molecular weight is 312 g/mol. The number of rotatable bonds is 4. The summed E-state index contributed by atoms with van der Waals surface area (Å²) < 4.78 is 4.91. The van der Waals surface area contributed by atoms with Crippen LogP contribution in [0.4, 0.5) is 5.69 Å². The van der Waals surface area contributed by atoms with Crippen molar-refractivity contribution in [1.82, 2.24) is 16.2 Å². The zero-order valence-corrected chi connectivity index (χ0v) is 13.5. The third kappa shape index (κ3) is 6.14. The number of nitrogens with one attached hydrogen (secondary N) is 4. The smallest absolute Gasteiger partial charge is 0.189 e. The molecule has 1 aromatic rings. The first-order valence-electron chi connectivity index (χ1n) is 6.20. The van der Waals surface area contributed by atoms with Crippen LogP contribution in [0.25, 0.3) is 0 Å². The van der Waals surface area contributed by atoms with Crippen LogP contribution in [0.1, 0.15) is 11.1 Å². The molecule has 0 atom stereocenters. The number of thiocarbonyl (C=S) groups is 2. The predicted octanol–water partition coefficient (Wildman–Crippen LogP) is 1.62. The second-order valence-corrected chi connectivity index (χ2v) is 5.09. The van der Waals surface area contributed by atoms with Crippen LogP contribution in [0, 0.1) is 13.8 Å². The minimum Gasteiger partial charge on any atom is -0.383 e. The molecule has 0 aliphatic carbocycles. The van der Waals surface area contributed by atoms with Crippen LogP contribution in [0.15, 0.2) is 18.2 Å². The molecule has 0 aliphatic heterocycles. The molecule has 5 nitrogen and oxygen atoms in total. The molecule has 1 rings (SSSR count). The number of anilines is 1. The Hall–Kier alpha value is -1.44. The Kier molecular flexibility index (Phi) is 7.21. The molecule has 7 heteroatoms. The largest absolute Gasteiger partial charge is 0.383 e. The summed E-state index contributed by atoms with van der Waals surface area (Å²) in [6.45, 7) is 5.29. The first-order chi connectivity index (χ1) is 9.52. The van der Waals surface area contributed by atoms with Gasteiger partial charge in [0.1, 0.15) is 0 Å². The van der Waals surface area contributed by atoms with E-state index in [0.717, 1.165) is 11.3 Å².